The zero-order valence-electron chi connectivity index (χ0n) is 17.7. The Hall–Kier alpha value is -5.07. The summed E-state index contributed by atoms with van der Waals surface area (Å²) in [5.41, 5.74) is 7.30. The number of rotatable bonds is 6. The minimum Gasteiger partial charge on any atom is -0.494 e. The van der Waals surface area contributed by atoms with Gasteiger partial charge in [-0.2, -0.15) is 4.68 Å². The Morgan fingerprint density at radius 2 is 2.00 bits per heavy atom. The lowest BCUT2D eigenvalue weighted by Crippen LogP contribution is -2.05. The predicted molar refractivity (Wildman–Crippen MR) is 119 cm³/mol. The number of nitrogen functional groups attached to an aromatic ring is 1. The molecule has 0 aliphatic carbocycles. The number of para-hydroxylation sites is 1. The van der Waals surface area contributed by atoms with Crippen molar-refractivity contribution in [2.45, 2.75) is 6.92 Å². The second-order valence-corrected chi connectivity index (χ2v) is 7.00. The summed E-state index contributed by atoms with van der Waals surface area (Å²) in [6.07, 6.45) is 0. The van der Waals surface area contributed by atoms with Crippen molar-refractivity contribution in [2.24, 2.45) is 10.2 Å². The van der Waals surface area contributed by atoms with Gasteiger partial charge in [0.05, 0.1) is 12.1 Å². The van der Waals surface area contributed by atoms with E-state index < -0.39 is 5.91 Å². The number of nitrogens with zero attached hydrogens (tertiary/aromatic N) is 7. The molecule has 1 amide bonds. The Morgan fingerprint density at radius 1 is 1.21 bits per heavy atom. The van der Waals surface area contributed by atoms with Gasteiger partial charge < -0.3 is 20.6 Å². The summed E-state index contributed by atoms with van der Waals surface area (Å²) in [6.45, 7) is 2.38. The number of aromatic nitrogens is 6. The number of nitrogens with two attached hydrogens (primary N) is 1. The molecule has 170 valence electrons. The maximum atomic E-state index is 13.0. The molecule has 0 saturated heterocycles. The number of amides is 1. The number of hydrogen-bond donors (Lipinski definition) is 3. The van der Waals surface area contributed by atoms with Crippen molar-refractivity contribution in [3.8, 4) is 28.7 Å². The number of aromatic hydroxyl groups is 1. The van der Waals surface area contributed by atoms with Gasteiger partial charge in [0.25, 0.3) is 0 Å². The highest BCUT2D eigenvalue weighted by Crippen LogP contribution is 2.35. The average Bonchev–Trinajstić information content (AvgIpc) is 3.54. The van der Waals surface area contributed by atoms with Crippen molar-refractivity contribution in [1.29, 1.82) is 0 Å². The van der Waals surface area contributed by atoms with E-state index in [2.05, 4.69) is 40.5 Å². The van der Waals surface area contributed by atoms with Crippen LogP contribution in [-0.4, -0.2) is 47.9 Å². The Kier molecular flexibility index (Phi) is 5.18. The maximum Gasteiger partial charge on any atom is 0.318 e. The molecule has 13 heteroatoms. The molecule has 3 heterocycles. The molecule has 0 aliphatic rings. The number of carbonyl (C=O) groups is 1. The molecular formula is C21H17N9O4. The van der Waals surface area contributed by atoms with Gasteiger partial charge in [0.15, 0.2) is 11.4 Å². The third-order valence-electron chi connectivity index (χ3n) is 4.91. The number of azo groups is 1. The van der Waals surface area contributed by atoms with Gasteiger partial charge in [-0.3, -0.25) is 4.79 Å². The van der Waals surface area contributed by atoms with Gasteiger partial charge in [0, 0.05) is 10.9 Å². The highest BCUT2D eigenvalue weighted by Gasteiger charge is 2.25. The average molecular weight is 459 g/mol. The lowest BCUT2D eigenvalue weighted by atomic mass is 10.1. The minimum atomic E-state index is -0.796. The topological polar surface area (TPSA) is 183 Å². The quantitative estimate of drug-likeness (QED) is 0.320. The summed E-state index contributed by atoms with van der Waals surface area (Å²) in [6, 6.07) is 14.0. The van der Waals surface area contributed by atoms with Crippen LogP contribution >= 0.6 is 0 Å². The van der Waals surface area contributed by atoms with E-state index in [9.17, 15) is 9.90 Å². The lowest BCUT2D eigenvalue weighted by Gasteiger charge is -2.07. The Bertz CT molecular complexity index is 1520. The van der Waals surface area contributed by atoms with Crippen LogP contribution in [0.3, 0.4) is 0 Å². The Morgan fingerprint density at radius 3 is 2.74 bits per heavy atom. The van der Waals surface area contributed by atoms with Crippen molar-refractivity contribution in [3.63, 3.8) is 0 Å². The monoisotopic (exact) mass is 459 g/mol. The summed E-state index contributed by atoms with van der Waals surface area (Å²) in [7, 11) is 0. The zero-order valence-corrected chi connectivity index (χ0v) is 17.7. The molecule has 5 aromatic rings. The van der Waals surface area contributed by atoms with Crippen molar-refractivity contribution in [2.75, 3.05) is 12.3 Å². The number of nitrogens with one attached hydrogen (secondary N) is 1. The standard InChI is InChI=1S/C21H17N9O4/c1-2-33-12-9-7-11(8-10-12)17-16(25-29-30(17)19-18(22)27-34-28-19)21(32)26-24-15-13-5-3-4-6-14(13)23-20(15)31/h3-10,23,31H,2H2,1H3,(H2,22,27). The van der Waals surface area contributed by atoms with Gasteiger partial charge in [-0.25, -0.2) is 4.63 Å². The molecule has 34 heavy (non-hydrogen) atoms. The van der Waals surface area contributed by atoms with Crippen LogP contribution in [0.15, 0.2) is 63.4 Å². The molecule has 0 radical (unpaired) electrons. The Labute approximate surface area is 190 Å². The third kappa shape index (κ3) is 3.60. The number of anilines is 1. The van der Waals surface area contributed by atoms with Gasteiger partial charge in [-0.1, -0.05) is 23.4 Å². The summed E-state index contributed by atoms with van der Waals surface area (Å²) in [4.78, 5) is 15.8. The van der Waals surface area contributed by atoms with Crippen molar-refractivity contribution in [3.05, 3.63) is 54.2 Å². The van der Waals surface area contributed by atoms with Gasteiger partial charge in [-0.05, 0) is 47.6 Å². The molecule has 0 unspecified atom stereocenters. The smallest absolute Gasteiger partial charge is 0.318 e. The molecular weight excluding hydrogens is 442 g/mol. The summed E-state index contributed by atoms with van der Waals surface area (Å²) in [5.74, 6) is -0.345. The zero-order chi connectivity index (χ0) is 23.7. The van der Waals surface area contributed by atoms with E-state index >= 15 is 0 Å². The van der Waals surface area contributed by atoms with Crippen molar-refractivity contribution < 1.29 is 19.3 Å². The number of H-pyrrole nitrogens is 1. The fraction of sp³-hybridized carbons (Fsp3) is 0.0952. The van der Waals surface area contributed by atoms with E-state index in [1.165, 1.54) is 4.68 Å². The summed E-state index contributed by atoms with van der Waals surface area (Å²) < 4.78 is 11.4. The van der Waals surface area contributed by atoms with Crippen molar-refractivity contribution >= 4 is 28.3 Å². The first-order valence-corrected chi connectivity index (χ1v) is 10.1. The van der Waals surface area contributed by atoms with E-state index in [-0.39, 0.29) is 34.6 Å². The molecule has 3 aromatic heterocycles. The second kappa shape index (κ2) is 8.46. The first-order chi connectivity index (χ1) is 16.6. The molecule has 0 fully saturated rings. The first kappa shape index (κ1) is 20.8. The lowest BCUT2D eigenvalue weighted by molar-refractivity contribution is 0.0991. The normalized spacial score (nSPS) is 11.4. The SMILES string of the molecule is CCOc1ccc(-c2c(C(=O)N=Nc3c(O)[nH]c4ccccc34)nnn2-c2nonc2N)cc1. The van der Waals surface area contributed by atoms with Crippen LogP contribution in [0.1, 0.15) is 17.4 Å². The molecule has 0 spiro atoms. The van der Waals surface area contributed by atoms with Gasteiger partial charge in [0.1, 0.15) is 11.4 Å². The number of ether oxygens (including phenoxy) is 1. The second-order valence-electron chi connectivity index (χ2n) is 7.00. The van der Waals surface area contributed by atoms with Crippen molar-refractivity contribution in [1.82, 2.24) is 30.3 Å². The van der Waals surface area contributed by atoms with Gasteiger partial charge >= 0.3 is 5.91 Å². The number of hydrogen-bond acceptors (Lipinski definition) is 10. The summed E-state index contributed by atoms with van der Waals surface area (Å²) in [5, 5.41) is 33.8. The molecule has 0 aliphatic heterocycles. The molecule has 0 atom stereocenters. The number of carbonyl (C=O) groups excluding carboxylic acids is 1. The highest BCUT2D eigenvalue weighted by molar-refractivity contribution is 5.99. The van der Waals surface area contributed by atoms with Crippen LogP contribution in [-0.2, 0) is 0 Å². The minimum absolute atomic E-state index is 0.0403. The third-order valence-corrected chi connectivity index (χ3v) is 4.91. The molecule has 0 saturated carbocycles. The number of aromatic amines is 1. The van der Waals surface area contributed by atoms with Crippen LogP contribution in [0.4, 0.5) is 11.5 Å². The van der Waals surface area contributed by atoms with Crippen LogP contribution < -0.4 is 10.5 Å². The molecule has 5 rings (SSSR count). The molecule has 13 nitrogen and oxygen atoms in total. The van der Waals surface area contributed by atoms with Crippen LogP contribution in [0.25, 0.3) is 28.0 Å². The predicted octanol–water partition coefficient (Wildman–Crippen LogP) is 3.41. The van der Waals surface area contributed by atoms with E-state index in [1.807, 2.05) is 6.92 Å². The molecule has 0 bridgehead atoms. The number of fused-ring (bicyclic) bond motifs is 1. The highest BCUT2D eigenvalue weighted by atomic mass is 16.6. The van der Waals surface area contributed by atoms with Gasteiger partial charge in [0.2, 0.25) is 17.5 Å². The van der Waals surface area contributed by atoms with Gasteiger partial charge in [-0.15, -0.1) is 15.3 Å². The largest absolute Gasteiger partial charge is 0.494 e. The molecule has 2 aromatic carbocycles. The first-order valence-electron chi connectivity index (χ1n) is 10.1. The fourth-order valence-corrected chi connectivity index (χ4v) is 3.40. The van der Waals surface area contributed by atoms with Crippen LogP contribution in [0.5, 0.6) is 11.6 Å². The number of benzene rings is 2. The van der Waals surface area contributed by atoms with E-state index in [0.717, 1.165) is 0 Å². The maximum absolute atomic E-state index is 13.0. The summed E-state index contributed by atoms with van der Waals surface area (Å²) >= 11 is 0. The van der Waals surface area contributed by atoms with Crippen LogP contribution in [0.2, 0.25) is 0 Å². The van der Waals surface area contributed by atoms with Crippen LogP contribution in [0, 0.1) is 0 Å². The van der Waals surface area contributed by atoms with E-state index in [1.54, 1.807) is 48.5 Å². The Balaban J connectivity index is 1.57. The fourth-order valence-electron chi connectivity index (χ4n) is 3.40. The van der Waals surface area contributed by atoms with E-state index in [4.69, 9.17) is 10.5 Å². The molecule has 4 N–H and O–H groups in total. The van der Waals surface area contributed by atoms with E-state index in [0.29, 0.717) is 28.8 Å².